The number of thiophene rings is 1. The Kier molecular flexibility index (Phi) is 5.01. The zero-order valence-corrected chi connectivity index (χ0v) is 14.6. The van der Waals surface area contributed by atoms with Crippen LogP contribution in [0.5, 0.6) is 0 Å². The van der Waals surface area contributed by atoms with E-state index < -0.39 is 5.97 Å². The number of aliphatic carboxylic acids is 1. The molecule has 2 rings (SSSR count). The second-order valence-corrected chi connectivity index (χ2v) is 8.30. The summed E-state index contributed by atoms with van der Waals surface area (Å²) in [5.74, 6) is -0.608. The van der Waals surface area contributed by atoms with E-state index in [1.54, 1.807) is 11.3 Å². The maximum Gasteiger partial charge on any atom is 0.307 e. The number of hydrogen-bond donors (Lipinski definition) is 2. The minimum Gasteiger partial charge on any atom is -0.481 e. The number of rotatable bonds is 4. The van der Waals surface area contributed by atoms with Crippen LogP contribution in [0.25, 0.3) is 0 Å². The molecule has 5 heteroatoms. The lowest BCUT2D eigenvalue weighted by Crippen LogP contribution is -2.51. The topological polar surface area (TPSA) is 49.3 Å². The van der Waals surface area contributed by atoms with Gasteiger partial charge in [0.05, 0.1) is 10.3 Å². The molecule has 21 heavy (non-hydrogen) atoms. The Labute approximate surface area is 135 Å². The fraction of sp³-hybridized carbons (Fsp3) is 0.688. The highest BCUT2D eigenvalue weighted by Gasteiger charge is 2.46. The summed E-state index contributed by atoms with van der Waals surface area (Å²) in [5, 5.41) is 15.2. The third-order valence-electron chi connectivity index (χ3n) is 5.29. The third-order valence-corrected chi connectivity index (χ3v) is 6.40. The molecule has 4 unspecified atom stereocenters. The summed E-state index contributed by atoms with van der Waals surface area (Å²) in [6, 6.07) is 2.57. The van der Waals surface area contributed by atoms with E-state index in [9.17, 15) is 9.90 Å². The Morgan fingerprint density at radius 1 is 1.52 bits per heavy atom. The monoisotopic (exact) mass is 329 g/mol. The SMILES string of the molecule is CC(NC1CCC(C(=O)O)C(C)(C)C1C)c1csc(Cl)c1. The van der Waals surface area contributed by atoms with Gasteiger partial charge >= 0.3 is 5.97 Å². The van der Waals surface area contributed by atoms with Crippen molar-refractivity contribution in [3.05, 3.63) is 21.3 Å². The van der Waals surface area contributed by atoms with Crippen LogP contribution in [0.15, 0.2) is 11.4 Å². The summed E-state index contributed by atoms with van der Waals surface area (Å²) in [5.41, 5.74) is 1.00. The van der Waals surface area contributed by atoms with Gasteiger partial charge in [-0.2, -0.15) is 0 Å². The number of nitrogens with one attached hydrogen (secondary N) is 1. The average molecular weight is 330 g/mol. The zero-order chi connectivity index (χ0) is 15.8. The van der Waals surface area contributed by atoms with Crippen molar-refractivity contribution in [3.63, 3.8) is 0 Å². The van der Waals surface area contributed by atoms with E-state index in [0.29, 0.717) is 12.0 Å². The van der Waals surface area contributed by atoms with Crippen LogP contribution in [-0.4, -0.2) is 17.1 Å². The Bertz CT molecular complexity index is 514. The molecule has 0 spiro atoms. The molecule has 1 aromatic rings. The van der Waals surface area contributed by atoms with E-state index in [2.05, 4.69) is 38.4 Å². The lowest BCUT2D eigenvalue weighted by atomic mass is 9.61. The standard InChI is InChI=1S/C16H24ClNO2S/c1-9-13(6-5-12(15(19)20)16(9,3)4)18-10(2)11-7-14(17)21-8-11/h7-10,12-13,18H,5-6H2,1-4H3,(H,19,20). The molecule has 1 saturated carbocycles. The lowest BCUT2D eigenvalue weighted by Gasteiger charge is -2.47. The van der Waals surface area contributed by atoms with Crippen molar-refractivity contribution in [2.45, 2.75) is 52.6 Å². The van der Waals surface area contributed by atoms with Crippen molar-refractivity contribution >= 4 is 28.9 Å². The van der Waals surface area contributed by atoms with E-state index in [1.807, 2.05) is 6.07 Å². The summed E-state index contributed by atoms with van der Waals surface area (Å²) in [6.45, 7) is 8.47. The van der Waals surface area contributed by atoms with Crippen LogP contribution < -0.4 is 5.32 Å². The molecule has 0 saturated heterocycles. The van der Waals surface area contributed by atoms with E-state index in [4.69, 9.17) is 11.6 Å². The van der Waals surface area contributed by atoms with Gasteiger partial charge in [0.25, 0.3) is 0 Å². The van der Waals surface area contributed by atoms with Gasteiger partial charge in [-0.3, -0.25) is 4.79 Å². The summed E-state index contributed by atoms with van der Waals surface area (Å²) < 4.78 is 0.807. The van der Waals surface area contributed by atoms with Crippen molar-refractivity contribution in [1.82, 2.24) is 5.32 Å². The highest BCUT2D eigenvalue weighted by Crippen LogP contribution is 2.45. The van der Waals surface area contributed by atoms with Crippen LogP contribution in [0.4, 0.5) is 0 Å². The molecule has 1 fully saturated rings. The maximum atomic E-state index is 11.4. The predicted octanol–water partition coefficient (Wildman–Crippen LogP) is 4.58. The fourth-order valence-corrected chi connectivity index (χ4v) is 4.43. The van der Waals surface area contributed by atoms with E-state index in [0.717, 1.165) is 17.2 Å². The largest absolute Gasteiger partial charge is 0.481 e. The average Bonchev–Trinajstić information content (AvgIpc) is 2.81. The lowest BCUT2D eigenvalue weighted by molar-refractivity contribution is -0.150. The quantitative estimate of drug-likeness (QED) is 0.850. The van der Waals surface area contributed by atoms with Gasteiger partial charge in [0.1, 0.15) is 0 Å². The minimum atomic E-state index is -0.664. The molecule has 1 heterocycles. The second kappa shape index (κ2) is 6.27. The molecule has 0 bridgehead atoms. The van der Waals surface area contributed by atoms with Crippen molar-refractivity contribution in [2.24, 2.45) is 17.3 Å². The number of hydrogen-bond acceptors (Lipinski definition) is 3. The van der Waals surface area contributed by atoms with Crippen molar-refractivity contribution in [2.75, 3.05) is 0 Å². The number of carboxylic acid groups (broad SMARTS) is 1. The molecule has 118 valence electrons. The van der Waals surface area contributed by atoms with Crippen molar-refractivity contribution in [1.29, 1.82) is 0 Å². The van der Waals surface area contributed by atoms with Crippen LogP contribution >= 0.6 is 22.9 Å². The Morgan fingerprint density at radius 2 is 2.19 bits per heavy atom. The van der Waals surface area contributed by atoms with Crippen LogP contribution in [0, 0.1) is 17.3 Å². The molecule has 1 aliphatic rings. The Morgan fingerprint density at radius 3 is 2.71 bits per heavy atom. The maximum absolute atomic E-state index is 11.4. The van der Waals surface area contributed by atoms with Gasteiger partial charge in [-0.1, -0.05) is 32.4 Å². The van der Waals surface area contributed by atoms with E-state index >= 15 is 0 Å². The first-order valence-electron chi connectivity index (χ1n) is 7.46. The van der Waals surface area contributed by atoms with E-state index in [1.165, 1.54) is 5.56 Å². The first-order valence-corrected chi connectivity index (χ1v) is 8.72. The fourth-order valence-electron chi connectivity index (χ4n) is 3.44. The molecule has 0 radical (unpaired) electrons. The van der Waals surface area contributed by atoms with Gasteiger partial charge < -0.3 is 10.4 Å². The normalized spacial score (nSPS) is 30.0. The van der Waals surface area contributed by atoms with Gasteiger partial charge in [0.15, 0.2) is 0 Å². The van der Waals surface area contributed by atoms with Gasteiger partial charge in [-0.25, -0.2) is 0 Å². The van der Waals surface area contributed by atoms with Crippen molar-refractivity contribution < 1.29 is 9.90 Å². The Balaban J connectivity index is 2.07. The number of carbonyl (C=O) groups is 1. The number of halogens is 1. The first-order chi connectivity index (χ1) is 9.73. The molecule has 0 aliphatic heterocycles. The smallest absolute Gasteiger partial charge is 0.307 e. The summed E-state index contributed by atoms with van der Waals surface area (Å²) >= 11 is 7.55. The summed E-state index contributed by atoms with van der Waals surface area (Å²) in [6.07, 6.45) is 1.64. The molecule has 0 aromatic carbocycles. The first kappa shape index (κ1) is 16.8. The zero-order valence-electron chi connectivity index (χ0n) is 13.0. The molecular formula is C16H24ClNO2S. The van der Waals surface area contributed by atoms with Crippen LogP contribution in [0.2, 0.25) is 4.34 Å². The molecule has 1 aliphatic carbocycles. The van der Waals surface area contributed by atoms with Crippen LogP contribution in [0.1, 0.15) is 52.1 Å². The molecule has 2 N–H and O–H groups in total. The minimum absolute atomic E-state index is 0.201. The van der Waals surface area contributed by atoms with Crippen LogP contribution in [-0.2, 0) is 4.79 Å². The predicted molar refractivity (Wildman–Crippen MR) is 88.0 cm³/mol. The second-order valence-electron chi connectivity index (χ2n) is 6.76. The van der Waals surface area contributed by atoms with Gasteiger partial charge in [-0.05, 0) is 48.1 Å². The van der Waals surface area contributed by atoms with Gasteiger partial charge in [0, 0.05) is 12.1 Å². The Hall–Kier alpha value is -0.580. The molecule has 3 nitrogen and oxygen atoms in total. The molecular weight excluding hydrogens is 306 g/mol. The van der Waals surface area contributed by atoms with Crippen LogP contribution in [0.3, 0.4) is 0 Å². The van der Waals surface area contributed by atoms with Crippen molar-refractivity contribution in [3.8, 4) is 0 Å². The highest BCUT2D eigenvalue weighted by molar-refractivity contribution is 7.14. The summed E-state index contributed by atoms with van der Waals surface area (Å²) in [4.78, 5) is 11.4. The highest BCUT2D eigenvalue weighted by atomic mass is 35.5. The third kappa shape index (κ3) is 3.43. The molecule has 4 atom stereocenters. The van der Waals surface area contributed by atoms with Gasteiger partial charge in [0.2, 0.25) is 0 Å². The van der Waals surface area contributed by atoms with Gasteiger partial charge in [-0.15, -0.1) is 11.3 Å². The van der Waals surface area contributed by atoms with E-state index in [-0.39, 0.29) is 17.4 Å². The molecule has 0 amide bonds. The number of carboxylic acids is 1. The molecule has 1 aromatic heterocycles. The summed E-state index contributed by atoms with van der Waals surface area (Å²) in [7, 11) is 0.